The van der Waals surface area contributed by atoms with Crippen LogP contribution in [-0.2, 0) is 11.3 Å². The highest BCUT2D eigenvalue weighted by Gasteiger charge is 2.42. The molecule has 2 N–H and O–H groups in total. The first kappa shape index (κ1) is 15.2. The molecule has 3 unspecified atom stereocenters. The second-order valence-electron chi connectivity index (χ2n) is 7.58. The summed E-state index contributed by atoms with van der Waals surface area (Å²) in [6.45, 7) is 3.89. The van der Waals surface area contributed by atoms with Crippen LogP contribution >= 0.6 is 0 Å². The van der Waals surface area contributed by atoms with Crippen molar-refractivity contribution in [3.8, 4) is 0 Å². The molecule has 0 aromatic heterocycles. The zero-order valence-electron chi connectivity index (χ0n) is 13.7. The smallest absolute Gasteiger partial charge is 0.222 e. The number of rotatable bonds is 3. The molecule has 1 aliphatic carbocycles. The molecule has 4 nitrogen and oxygen atoms in total. The number of hydrogen-bond donors (Lipinski definition) is 1. The van der Waals surface area contributed by atoms with E-state index in [1.54, 1.807) is 0 Å². The Balaban J connectivity index is 1.42. The van der Waals surface area contributed by atoms with Gasteiger partial charge in [0.25, 0.3) is 0 Å². The van der Waals surface area contributed by atoms with Crippen molar-refractivity contribution in [3.05, 3.63) is 35.9 Å². The highest BCUT2D eigenvalue weighted by molar-refractivity contribution is 5.77. The van der Waals surface area contributed by atoms with E-state index in [-0.39, 0.29) is 0 Å². The third-order valence-corrected chi connectivity index (χ3v) is 6.14. The molecule has 3 fully saturated rings. The zero-order valence-corrected chi connectivity index (χ0v) is 13.7. The summed E-state index contributed by atoms with van der Waals surface area (Å²) in [7, 11) is 0. The number of nitrogens with two attached hydrogens (primary N) is 1. The van der Waals surface area contributed by atoms with Crippen molar-refractivity contribution >= 4 is 5.91 Å². The number of nitrogens with zero attached hydrogens (tertiary/aromatic N) is 2. The van der Waals surface area contributed by atoms with Gasteiger partial charge in [-0.15, -0.1) is 0 Å². The average molecular weight is 313 g/mol. The molecule has 2 aliphatic heterocycles. The van der Waals surface area contributed by atoms with Crippen LogP contribution in [0.4, 0.5) is 0 Å². The Hall–Kier alpha value is -1.39. The highest BCUT2D eigenvalue weighted by atomic mass is 16.2. The van der Waals surface area contributed by atoms with Gasteiger partial charge in [-0.3, -0.25) is 9.69 Å². The molecule has 1 amide bonds. The Morgan fingerprint density at radius 2 is 1.70 bits per heavy atom. The van der Waals surface area contributed by atoms with Gasteiger partial charge in [0.15, 0.2) is 0 Å². The molecule has 23 heavy (non-hydrogen) atoms. The van der Waals surface area contributed by atoms with Gasteiger partial charge in [-0.05, 0) is 36.7 Å². The minimum atomic E-state index is 0.307. The predicted octanol–water partition coefficient (Wildman–Crippen LogP) is 1.85. The molecule has 3 aliphatic rings. The summed E-state index contributed by atoms with van der Waals surface area (Å²) in [6.07, 6.45) is 4.29. The summed E-state index contributed by atoms with van der Waals surface area (Å²) in [6, 6.07) is 11.3. The van der Waals surface area contributed by atoms with E-state index in [0.717, 1.165) is 32.6 Å². The van der Waals surface area contributed by atoms with Gasteiger partial charge >= 0.3 is 0 Å². The molecule has 1 saturated carbocycles. The monoisotopic (exact) mass is 313 g/mol. The summed E-state index contributed by atoms with van der Waals surface area (Å²) in [4.78, 5) is 17.0. The van der Waals surface area contributed by atoms with Crippen molar-refractivity contribution in [2.45, 2.75) is 44.3 Å². The number of amides is 1. The van der Waals surface area contributed by atoms with Gasteiger partial charge in [-0.25, -0.2) is 0 Å². The van der Waals surface area contributed by atoms with E-state index in [1.165, 1.54) is 18.4 Å². The SMILES string of the molecule is NC1C2CCC1CN(C1CCC(=O)N(Cc3ccccc3)C1)C2. The third kappa shape index (κ3) is 3.02. The number of carbonyl (C=O) groups excluding carboxylic acids is 1. The maximum Gasteiger partial charge on any atom is 0.222 e. The van der Waals surface area contributed by atoms with Crippen molar-refractivity contribution in [3.63, 3.8) is 0 Å². The number of benzene rings is 1. The number of likely N-dealkylation sites (tertiary alicyclic amines) is 2. The van der Waals surface area contributed by atoms with Gasteiger partial charge in [0.1, 0.15) is 0 Å². The van der Waals surface area contributed by atoms with Crippen LogP contribution in [0.2, 0.25) is 0 Å². The molecule has 2 bridgehead atoms. The average Bonchev–Trinajstić information content (AvgIpc) is 2.79. The topological polar surface area (TPSA) is 49.6 Å². The maximum absolute atomic E-state index is 12.3. The normalized spacial score (nSPS) is 34.8. The Labute approximate surface area is 138 Å². The molecule has 3 atom stereocenters. The van der Waals surface area contributed by atoms with Crippen LogP contribution in [-0.4, -0.2) is 47.4 Å². The van der Waals surface area contributed by atoms with Crippen LogP contribution < -0.4 is 5.73 Å². The first-order valence-corrected chi connectivity index (χ1v) is 9.02. The minimum absolute atomic E-state index is 0.307. The zero-order chi connectivity index (χ0) is 15.8. The minimum Gasteiger partial charge on any atom is -0.337 e. The van der Waals surface area contributed by atoms with E-state index in [4.69, 9.17) is 5.73 Å². The van der Waals surface area contributed by atoms with E-state index in [2.05, 4.69) is 21.9 Å². The molecule has 2 heterocycles. The Morgan fingerprint density at radius 3 is 2.39 bits per heavy atom. The lowest BCUT2D eigenvalue weighted by Gasteiger charge is -2.44. The summed E-state index contributed by atoms with van der Waals surface area (Å²) in [5, 5.41) is 0. The van der Waals surface area contributed by atoms with Gasteiger partial charge in [0.05, 0.1) is 0 Å². The number of hydrogen-bond acceptors (Lipinski definition) is 3. The van der Waals surface area contributed by atoms with Gasteiger partial charge in [-0.2, -0.15) is 0 Å². The Kier molecular flexibility index (Phi) is 4.12. The largest absolute Gasteiger partial charge is 0.337 e. The van der Waals surface area contributed by atoms with E-state index >= 15 is 0 Å². The molecule has 124 valence electrons. The molecule has 2 saturated heterocycles. The van der Waals surface area contributed by atoms with E-state index in [9.17, 15) is 4.79 Å². The van der Waals surface area contributed by atoms with Crippen LogP contribution in [0, 0.1) is 11.8 Å². The van der Waals surface area contributed by atoms with E-state index < -0.39 is 0 Å². The van der Waals surface area contributed by atoms with E-state index in [1.807, 2.05) is 18.2 Å². The summed E-state index contributed by atoms with van der Waals surface area (Å²) >= 11 is 0. The summed E-state index contributed by atoms with van der Waals surface area (Å²) in [5.74, 6) is 1.66. The molecule has 4 heteroatoms. The van der Waals surface area contributed by atoms with Crippen LogP contribution in [0.1, 0.15) is 31.2 Å². The molecular weight excluding hydrogens is 286 g/mol. The fraction of sp³-hybridized carbons (Fsp3) is 0.632. The van der Waals surface area contributed by atoms with Gasteiger partial charge in [-0.1, -0.05) is 30.3 Å². The Bertz CT molecular complexity index is 547. The van der Waals surface area contributed by atoms with Crippen molar-refractivity contribution in [2.75, 3.05) is 19.6 Å². The van der Waals surface area contributed by atoms with Gasteiger partial charge in [0.2, 0.25) is 5.91 Å². The lowest BCUT2D eigenvalue weighted by Crippen LogP contribution is -2.56. The number of fused-ring (bicyclic) bond motifs is 2. The first-order chi connectivity index (χ1) is 11.2. The number of piperidine rings is 2. The summed E-state index contributed by atoms with van der Waals surface area (Å²) < 4.78 is 0. The van der Waals surface area contributed by atoms with Crippen molar-refractivity contribution < 1.29 is 4.79 Å². The van der Waals surface area contributed by atoms with Crippen LogP contribution in [0.3, 0.4) is 0 Å². The van der Waals surface area contributed by atoms with Gasteiger partial charge < -0.3 is 10.6 Å². The molecule has 0 spiro atoms. The fourth-order valence-electron chi connectivity index (χ4n) is 4.75. The second kappa shape index (κ2) is 6.25. The van der Waals surface area contributed by atoms with Crippen molar-refractivity contribution in [2.24, 2.45) is 17.6 Å². The molecule has 1 aromatic carbocycles. The second-order valence-corrected chi connectivity index (χ2v) is 7.58. The third-order valence-electron chi connectivity index (χ3n) is 6.14. The Morgan fingerprint density at radius 1 is 1.00 bits per heavy atom. The molecule has 1 aromatic rings. The fourth-order valence-corrected chi connectivity index (χ4v) is 4.75. The molecule has 4 rings (SSSR count). The van der Waals surface area contributed by atoms with Gasteiger partial charge in [0, 0.05) is 44.7 Å². The van der Waals surface area contributed by atoms with Crippen molar-refractivity contribution in [1.29, 1.82) is 0 Å². The lowest BCUT2D eigenvalue weighted by atomic mass is 9.90. The molecule has 0 radical (unpaired) electrons. The quantitative estimate of drug-likeness (QED) is 0.926. The number of carbonyl (C=O) groups is 1. The predicted molar refractivity (Wildman–Crippen MR) is 90.6 cm³/mol. The standard InChI is InChI=1S/C19H27N3O/c20-19-15-6-7-16(19)12-21(11-15)17-8-9-18(23)22(13-17)10-14-4-2-1-3-5-14/h1-5,15-17,19H,6-13,20H2. The maximum atomic E-state index is 12.3. The first-order valence-electron chi connectivity index (χ1n) is 9.02. The van der Waals surface area contributed by atoms with E-state index in [0.29, 0.717) is 36.2 Å². The van der Waals surface area contributed by atoms with Crippen LogP contribution in [0.15, 0.2) is 30.3 Å². The molecular formula is C19H27N3O. The lowest BCUT2D eigenvalue weighted by molar-refractivity contribution is -0.136. The van der Waals surface area contributed by atoms with Crippen molar-refractivity contribution in [1.82, 2.24) is 9.80 Å². The summed E-state index contributed by atoms with van der Waals surface area (Å²) in [5.41, 5.74) is 7.56. The van der Waals surface area contributed by atoms with Crippen LogP contribution in [0.5, 0.6) is 0 Å². The highest BCUT2D eigenvalue weighted by Crippen LogP contribution is 2.37. The van der Waals surface area contributed by atoms with Crippen LogP contribution in [0.25, 0.3) is 0 Å².